The van der Waals surface area contributed by atoms with Crippen molar-refractivity contribution in [2.45, 2.75) is 6.42 Å². The number of para-hydroxylation sites is 1. The first-order valence-corrected chi connectivity index (χ1v) is 8.78. The number of hydrogen-bond donors (Lipinski definition) is 0. The number of nitrogens with zero attached hydrogens (tertiary/aromatic N) is 5. The number of fused-ring (bicyclic) bond motifs is 1. The highest BCUT2D eigenvalue weighted by molar-refractivity contribution is 6.99. The predicted molar refractivity (Wildman–Crippen MR) is 95.3 cm³/mol. The van der Waals surface area contributed by atoms with E-state index in [0.717, 1.165) is 37.6 Å². The Morgan fingerprint density at radius 2 is 2.00 bits per heavy atom. The Morgan fingerprint density at radius 3 is 2.75 bits per heavy atom. The van der Waals surface area contributed by atoms with Crippen LogP contribution in [0.5, 0.6) is 0 Å². The van der Waals surface area contributed by atoms with Crippen LogP contribution in [-0.2, 0) is 18.3 Å². The lowest BCUT2D eigenvalue weighted by atomic mass is 10.1. The van der Waals surface area contributed by atoms with E-state index in [1.54, 1.807) is 6.20 Å². The fourth-order valence-corrected chi connectivity index (χ4v) is 3.76. The largest absolute Gasteiger partial charge is 0.351 e. The summed E-state index contributed by atoms with van der Waals surface area (Å²) in [6.07, 6.45) is 4.32. The summed E-state index contributed by atoms with van der Waals surface area (Å²) in [4.78, 5) is 16.8. The average molecular weight is 341 g/mol. The van der Waals surface area contributed by atoms with Crippen molar-refractivity contribution in [2.24, 2.45) is 7.05 Å². The molecule has 0 atom stereocenters. The number of aromatic nitrogens is 3. The molecule has 1 amide bonds. The number of benzene rings is 1. The zero-order chi connectivity index (χ0) is 16.5. The van der Waals surface area contributed by atoms with Gasteiger partial charge in [-0.15, -0.1) is 0 Å². The van der Waals surface area contributed by atoms with Crippen molar-refractivity contribution in [1.82, 2.24) is 18.2 Å². The molecule has 0 saturated carbocycles. The Balaban J connectivity index is 1.43. The highest BCUT2D eigenvalue weighted by Gasteiger charge is 2.23. The van der Waals surface area contributed by atoms with E-state index in [0.29, 0.717) is 6.42 Å². The summed E-state index contributed by atoms with van der Waals surface area (Å²) in [7, 11) is 2.02. The lowest BCUT2D eigenvalue weighted by Crippen LogP contribution is -2.49. The van der Waals surface area contributed by atoms with Gasteiger partial charge in [0.25, 0.3) is 0 Å². The van der Waals surface area contributed by atoms with Gasteiger partial charge in [0.15, 0.2) is 5.82 Å². The maximum absolute atomic E-state index is 12.7. The van der Waals surface area contributed by atoms with E-state index in [2.05, 4.69) is 36.5 Å². The summed E-state index contributed by atoms with van der Waals surface area (Å²) in [6.45, 7) is 3.10. The maximum atomic E-state index is 12.7. The fraction of sp³-hybridized carbons (Fsp3) is 0.353. The highest BCUT2D eigenvalue weighted by atomic mass is 32.1. The van der Waals surface area contributed by atoms with Crippen LogP contribution >= 0.6 is 11.7 Å². The van der Waals surface area contributed by atoms with Crippen LogP contribution in [-0.4, -0.2) is 50.3 Å². The van der Waals surface area contributed by atoms with Gasteiger partial charge in [-0.1, -0.05) is 18.2 Å². The highest BCUT2D eigenvalue weighted by Crippen LogP contribution is 2.22. The second-order valence-electron chi connectivity index (χ2n) is 6.09. The minimum atomic E-state index is 0.197. The summed E-state index contributed by atoms with van der Waals surface area (Å²) in [6, 6.07) is 8.23. The summed E-state index contributed by atoms with van der Waals surface area (Å²) < 4.78 is 10.4. The van der Waals surface area contributed by atoms with E-state index in [1.807, 2.05) is 24.1 Å². The molecule has 0 unspecified atom stereocenters. The Morgan fingerprint density at radius 1 is 1.21 bits per heavy atom. The second-order valence-corrected chi connectivity index (χ2v) is 6.65. The second kappa shape index (κ2) is 6.24. The van der Waals surface area contributed by atoms with Crippen LogP contribution in [0.4, 0.5) is 5.82 Å². The Labute approximate surface area is 144 Å². The first-order valence-electron chi connectivity index (χ1n) is 8.05. The Bertz CT molecular complexity index is 849. The van der Waals surface area contributed by atoms with Crippen molar-refractivity contribution in [2.75, 3.05) is 31.1 Å². The van der Waals surface area contributed by atoms with E-state index >= 15 is 0 Å². The smallest absolute Gasteiger partial charge is 0.227 e. The maximum Gasteiger partial charge on any atom is 0.227 e. The molecule has 0 aliphatic carbocycles. The van der Waals surface area contributed by atoms with Crippen LogP contribution in [0.25, 0.3) is 10.9 Å². The summed E-state index contributed by atoms with van der Waals surface area (Å²) in [5.41, 5.74) is 2.27. The summed E-state index contributed by atoms with van der Waals surface area (Å²) >= 11 is 1.22. The minimum absolute atomic E-state index is 0.197. The third kappa shape index (κ3) is 2.75. The molecule has 3 aromatic rings. The van der Waals surface area contributed by atoms with Gasteiger partial charge in [0.05, 0.1) is 24.3 Å². The van der Waals surface area contributed by atoms with Crippen LogP contribution in [0.3, 0.4) is 0 Å². The van der Waals surface area contributed by atoms with Gasteiger partial charge in [0.2, 0.25) is 5.91 Å². The number of hydrogen-bond acceptors (Lipinski definition) is 5. The molecule has 7 heteroatoms. The number of amides is 1. The number of rotatable bonds is 3. The van der Waals surface area contributed by atoms with Gasteiger partial charge >= 0.3 is 0 Å². The number of piperazine rings is 1. The Hall–Kier alpha value is -2.41. The van der Waals surface area contributed by atoms with Crippen molar-refractivity contribution < 1.29 is 4.79 Å². The van der Waals surface area contributed by atoms with Gasteiger partial charge < -0.3 is 14.4 Å². The minimum Gasteiger partial charge on any atom is -0.351 e. The van der Waals surface area contributed by atoms with Crippen LogP contribution in [0.1, 0.15) is 5.56 Å². The monoisotopic (exact) mass is 341 g/mol. The Kier molecular flexibility index (Phi) is 3.93. The van der Waals surface area contributed by atoms with E-state index in [4.69, 9.17) is 0 Å². The van der Waals surface area contributed by atoms with Gasteiger partial charge in [-0.2, -0.15) is 8.75 Å². The van der Waals surface area contributed by atoms with Crippen molar-refractivity contribution in [3.05, 3.63) is 42.2 Å². The number of carbonyl (C=O) groups is 1. The molecule has 1 aliphatic rings. The number of aryl methyl sites for hydroxylation is 1. The molecule has 0 N–H and O–H groups in total. The van der Waals surface area contributed by atoms with Crippen LogP contribution in [0, 0.1) is 0 Å². The predicted octanol–water partition coefficient (Wildman–Crippen LogP) is 1.92. The summed E-state index contributed by atoms with van der Waals surface area (Å²) in [5, 5.41) is 1.17. The molecule has 4 rings (SSSR count). The lowest BCUT2D eigenvalue weighted by molar-refractivity contribution is -0.130. The van der Waals surface area contributed by atoms with Crippen molar-refractivity contribution in [3.63, 3.8) is 0 Å². The fourth-order valence-electron chi connectivity index (χ4n) is 3.33. The first kappa shape index (κ1) is 15.1. The average Bonchev–Trinajstić information content (AvgIpc) is 3.25. The van der Waals surface area contributed by atoms with Gasteiger partial charge in [0, 0.05) is 50.3 Å². The molecular weight excluding hydrogens is 322 g/mol. The van der Waals surface area contributed by atoms with E-state index in [9.17, 15) is 4.79 Å². The van der Waals surface area contributed by atoms with Crippen LogP contribution < -0.4 is 4.90 Å². The third-order valence-corrected chi connectivity index (χ3v) is 5.10. The number of carbonyl (C=O) groups excluding carboxylic acids is 1. The molecule has 3 heterocycles. The van der Waals surface area contributed by atoms with Gasteiger partial charge in [-0.25, -0.2) is 0 Å². The molecule has 0 spiro atoms. The van der Waals surface area contributed by atoms with Crippen molar-refractivity contribution >= 4 is 34.4 Å². The molecule has 1 aromatic carbocycles. The van der Waals surface area contributed by atoms with E-state index < -0.39 is 0 Å². The molecule has 6 nitrogen and oxygen atoms in total. The number of anilines is 1. The van der Waals surface area contributed by atoms with Gasteiger partial charge in [0.1, 0.15) is 0 Å². The third-order valence-electron chi connectivity index (χ3n) is 4.63. The molecule has 2 aromatic heterocycles. The quantitative estimate of drug-likeness (QED) is 0.730. The van der Waals surface area contributed by atoms with Gasteiger partial charge in [-0.05, 0) is 11.6 Å². The van der Waals surface area contributed by atoms with Crippen LogP contribution in [0.2, 0.25) is 0 Å². The molecule has 0 radical (unpaired) electrons. The zero-order valence-corrected chi connectivity index (χ0v) is 14.4. The molecule has 24 heavy (non-hydrogen) atoms. The molecule has 0 bridgehead atoms. The molecule has 1 fully saturated rings. The molecule has 1 aliphatic heterocycles. The lowest BCUT2D eigenvalue weighted by Gasteiger charge is -2.34. The van der Waals surface area contributed by atoms with E-state index in [-0.39, 0.29) is 5.91 Å². The summed E-state index contributed by atoms with van der Waals surface area (Å²) in [5.74, 6) is 1.11. The SMILES string of the molecule is Cn1cc(CC(=O)N2CCN(c3cnsn3)CC2)c2ccccc21. The van der Waals surface area contributed by atoms with Crippen LogP contribution in [0.15, 0.2) is 36.7 Å². The van der Waals surface area contributed by atoms with Crippen molar-refractivity contribution in [1.29, 1.82) is 0 Å². The molecular formula is C17H19N5OS. The first-order chi connectivity index (χ1) is 11.7. The topological polar surface area (TPSA) is 54.3 Å². The standard InChI is InChI=1S/C17H19N5OS/c1-20-12-13(14-4-2-3-5-15(14)20)10-17(23)22-8-6-21(7-9-22)16-11-18-24-19-16/h2-5,11-12H,6-10H2,1H3. The molecule has 124 valence electrons. The zero-order valence-electron chi connectivity index (χ0n) is 13.6. The normalized spacial score (nSPS) is 15.2. The van der Waals surface area contributed by atoms with E-state index in [1.165, 1.54) is 22.6 Å². The van der Waals surface area contributed by atoms with Crippen molar-refractivity contribution in [3.8, 4) is 0 Å². The molecule has 1 saturated heterocycles. The van der Waals surface area contributed by atoms with Gasteiger partial charge in [-0.3, -0.25) is 4.79 Å².